The predicted molar refractivity (Wildman–Crippen MR) is 123 cm³/mol. The summed E-state index contributed by atoms with van der Waals surface area (Å²) in [5.41, 5.74) is 0.00530. The number of carbonyl (C=O) groups excluding carboxylic acids is 1. The van der Waals surface area contributed by atoms with Gasteiger partial charge in [0.1, 0.15) is 12.2 Å². The Kier molecular flexibility index (Phi) is 7.60. The summed E-state index contributed by atoms with van der Waals surface area (Å²) in [6, 6.07) is 5.50. The van der Waals surface area contributed by atoms with Gasteiger partial charge in [-0.15, -0.1) is 10.2 Å². The zero-order chi connectivity index (χ0) is 24.1. The first-order valence-electron chi connectivity index (χ1n) is 11.8. The van der Waals surface area contributed by atoms with Crippen molar-refractivity contribution >= 4 is 11.7 Å². The Morgan fingerprint density at radius 2 is 1.85 bits per heavy atom. The van der Waals surface area contributed by atoms with Gasteiger partial charge in [0.05, 0.1) is 5.56 Å². The minimum absolute atomic E-state index is 0.0224. The van der Waals surface area contributed by atoms with E-state index < -0.39 is 11.7 Å². The highest BCUT2D eigenvalue weighted by atomic mass is 19.4. The number of halogens is 3. The van der Waals surface area contributed by atoms with Crippen molar-refractivity contribution < 1.29 is 18.0 Å². The summed E-state index contributed by atoms with van der Waals surface area (Å²) >= 11 is 0. The average Bonchev–Trinajstić information content (AvgIpc) is 3.27. The summed E-state index contributed by atoms with van der Waals surface area (Å²) < 4.78 is 40.9. The molecular weight excluding hydrogens is 447 g/mol. The van der Waals surface area contributed by atoms with E-state index in [1.54, 1.807) is 12.4 Å². The molecule has 0 bridgehead atoms. The summed E-state index contributed by atoms with van der Waals surface area (Å²) in [6.07, 6.45) is -0.00880. The van der Waals surface area contributed by atoms with Gasteiger partial charge in [0.15, 0.2) is 0 Å². The van der Waals surface area contributed by atoms with Crippen LogP contribution < -0.4 is 10.2 Å². The highest BCUT2D eigenvalue weighted by Gasteiger charge is 2.31. The fourth-order valence-corrected chi connectivity index (χ4v) is 4.72. The Hall–Kier alpha value is -2.82. The van der Waals surface area contributed by atoms with Crippen LogP contribution in [0.5, 0.6) is 0 Å². The van der Waals surface area contributed by atoms with Gasteiger partial charge in [-0.3, -0.25) is 4.90 Å². The molecule has 2 amide bonds. The molecule has 11 heteroatoms. The van der Waals surface area contributed by atoms with Crippen LogP contribution in [0, 0.1) is 0 Å². The van der Waals surface area contributed by atoms with Crippen LogP contribution in [0.3, 0.4) is 0 Å². The molecule has 0 saturated carbocycles. The Morgan fingerprint density at radius 3 is 2.50 bits per heavy atom. The highest BCUT2D eigenvalue weighted by molar-refractivity contribution is 5.74. The number of anilines is 1. The summed E-state index contributed by atoms with van der Waals surface area (Å²) in [7, 11) is 1.94. The molecule has 1 aromatic heterocycles. The molecule has 8 nitrogen and oxygen atoms in total. The van der Waals surface area contributed by atoms with E-state index in [4.69, 9.17) is 0 Å². The van der Waals surface area contributed by atoms with Crippen molar-refractivity contribution in [3.63, 3.8) is 0 Å². The summed E-state index contributed by atoms with van der Waals surface area (Å²) in [5.74, 6) is 1.32. The second kappa shape index (κ2) is 10.6. The van der Waals surface area contributed by atoms with Crippen LogP contribution in [0.4, 0.5) is 23.7 Å². The fraction of sp³-hybridized carbons (Fsp3) is 0.609. The normalized spacial score (nSPS) is 18.4. The molecule has 2 aromatic rings. The second-order valence-corrected chi connectivity index (χ2v) is 9.02. The number of hydrogen-bond acceptors (Lipinski definition) is 5. The molecule has 1 N–H and O–H groups in total. The molecule has 2 aliphatic rings. The lowest BCUT2D eigenvalue weighted by molar-refractivity contribution is -0.137. The lowest BCUT2D eigenvalue weighted by Gasteiger charge is -2.36. The van der Waals surface area contributed by atoms with Gasteiger partial charge < -0.3 is 19.7 Å². The number of aromatic nitrogens is 3. The number of carbonyl (C=O) groups is 1. The van der Waals surface area contributed by atoms with Crippen LogP contribution in [-0.2, 0) is 13.2 Å². The van der Waals surface area contributed by atoms with Crippen LogP contribution in [0.2, 0.25) is 0 Å². The number of nitrogens with zero attached hydrogens (tertiary/aromatic N) is 6. The monoisotopic (exact) mass is 479 g/mol. The summed E-state index contributed by atoms with van der Waals surface area (Å²) in [5, 5.41) is 11.2. The maximum absolute atomic E-state index is 13.0. The maximum atomic E-state index is 13.0. The second-order valence-electron chi connectivity index (χ2n) is 9.02. The first kappa shape index (κ1) is 24.3. The number of urea groups is 1. The molecule has 0 atom stereocenters. The quantitative estimate of drug-likeness (QED) is 0.646. The molecule has 2 aliphatic heterocycles. The van der Waals surface area contributed by atoms with E-state index in [-0.39, 0.29) is 6.03 Å². The van der Waals surface area contributed by atoms with E-state index in [2.05, 4.69) is 20.4 Å². The third kappa shape index (κ3) is 5.99. The zero-order valence-corrected chi connectivity index (χ0v) is 19.5. The smallest absolute Gasteiger partial charge is 0.369 e. The summed E-state index contributed by atoms with van der Waals surface area (Å²) in [4.78, 5) is 18.6. The Balaban J connectivity index is 1.12. The number of benzene rings is 1. The number of nitrogens with one attached hydrogen (secondary N) is 1. The minimum Gasteiger partial charge on any atom is -0.369 e. The molecular formula is C23H32F3N7O. The molecule has 0 aliphatic carbocycles. The molecule has 2 fully saturated rings. The van der Waals surface area contributed by atoms with Crippen LogP contribution in [-0.4, -0.2) is 83.0 Å². The number of piperazine rings is 1. The van der Waals surface area contributed by atoms with E-state index in [1.165, 1.54) is 12.1 Å². The number of alkyl halides is 3. The third-order valence-corrected chi connectivity index (χ3v) is 6.73. The Morgan fingerprint density at radius 1 is 1.12 bits per heavy atom. The van der Waals surface area contributed by atoms with Crippen LogP contribution in [0.25, 0.3) is 0 Å². The molecule has 0 spiro atoms. The van der Waals surface area contributed by atoms with E-state index in [1.807, 2.05) is 21.4 Å². The van der Waals surface area contributed by atoms with Crippen molar-refractivity contribution in [1.82, 2.24) is 29.9 Å². The number of hydrogen-bond donors (Lipinski definition) is 1. The number of rotatable bonds is 6. The van der Waals surface area contributed by atoms with Crippen molar-refractivity contribution in [1.29, 1.82) is 0 Å². The van der Waals surface area contributed by atoms with E-state index in [0.717, 1.165) is 50.8 Å². The molecule has 34 heavy (non-hydrogen) atoms. The fourth-order valence-electron chi connectivity index (χ4n) is 4.72. The van der Waals surface area contributed by atoms with Crippen molar-refractivity contribution in [2.45, 2.75) is 31.4 Å². The number of likely N-dealkylation sites (tertiary alicyclic amines) is 1. The van der Waals surface area contributed by atoms with Gasteiger partial charge in [-0.2, -0.15) is 13.2 Å². The minimum atomic E-state index is -4.32. The standard InChI is InChI=1S/C23H32F3N7O/c1-30-17-28-29-21(30)18-6-10-33(11-7-18)22(34)27-8-3-9-31-12-14-32(15-13-31)20-5-2-4-19(16-20)23(24,25)26/h2,4-5,16-18H,3,6-15H2,1H3,(H,27,34). The van der Waals surface area contributed by atoms with Crippen molar-refractivity contribution in [3.05, 3.63) is 42.0 Å². The van der Waals surface area contributed by atoms with Crippen molar-refractivity contribution in [3.8, 4) is 0 Å². The Bertz CT molecular complexity index is 948. The van der Waals surface area contributed by atoms with Crippen molar-refractivity contribution in [2.24, 2.45) is 7.05 Å². The highest BCUT2D eigenvalue weighted by Crippen LogP contribution is 2.32. The average molecular weight is 480 g/mol. The number of aryl methyl sites for hydroxylation is 1. The first-order valence-corrected chi connectivity index (χ1v) is 11.8. The van der Waals surface area contributed by atoms with Crippen LogP contribution >= 0.6 is 0 Å². The largest absolute Gasteiger partial charge is 0.416 e. The lowest BCUT2D eigenvalue weighted by atomic mass is 9.96. The zero-order valence-electron chi connectivity index (χ0n) is 19.5. The van der Waals surface area contributed by atoms with Gasteiger partial charge >= 0.3 is 12.2 Å². The molecule has 0 radical (unpaired) electrons. The van der Waals surface area contributed by atoms with Gasteiger partial charge in [-0.25, -0.2) is 4.79 Å². The van der Waals surface area contributed by atoms with E-state index in [9.17, 15) is 18.0 Å². The maximum Gasteiger partial charge on any atom is 0.416 e. The molecule has 186 valence electrons. The van der Waals surface area contributed by atoms with Gasteiger partial charge in [0, 0.05) is 64.5 Å². The molecule has 2 saturated heterocycles. The Labute approximate surface area is 197 Å². The predicted octanol–water partition coefficient (Wildman–Crippen LogP) is 2.94. The SMILES string of the molecule is Cn1cnnc1C1CCN(C(=O)NCCCN2CCN(c3cccc(C(F)(F)F)c3)CC2)CC1. The molecule has 0 unspecified atom stereocenters. The number of piperidine rings is 1. The van der Waals surface area contributed by atoms with Gasteiger partial charge in [-0.05, 0) is 44.0 Å². The van der Waals surface area contributed by atoms with Crippen LogP contribution in [0.1, 0.15) is 36.6 Å². The molecule has 3 heterocycles. The topological polar surface area (TPSA) is 69.5 Å². The van der Waals surface area contributed by atoms with E-state index >= 15 is 0 Å². The number of amides is 2. The summed E-state index contributed by atoms with van der Waals surface area (Å²) in [6.45, 7) is 5.84. The lowest BCUT2D eigenvalue weighted by Crippen LogP contribution is -2.47. The molecule has 1 aromatic carbocycles. The van der Waals surface area contributed by atoms with Gasteiger partial charge in [0.2, 0.25) is 0 Å². The first-order chi connectivity index (χ1) is 16.3. The van der Waals surface area contributed by atoms with Crippen molar-refractivity contribution in [2.75, 3.05) is 57.3 Å². The third-order valence-electron chi connectivity index (χ3n) is 6.73. The van der Waals surface area contributed by atoms with E-state index in [0.29, 0.717) is 44.3 Å². The molecule has 4 rings (SSSR count). The van der Waals surface area contributed by atoms with Gasteiger partial charge in [0.25, 0.3) is 0 Å². The van der Waals surface area contributed by atoms with Crippen LogP contribution in [0.15, 0.2) is 30.6 Å². The van der Waals surface area contributed by atoms with Gasteiger partial charge in [-0.1, -0.05) is 6.07 Å².